The second-order valence-corrected chi connectivity index (χ2v) is 11.2. The molecule has 1 N–H and O–H groups in total. The number of rotatable bonds is 13. The van der Waals surface area contributed by atoms with E-state index in [4.69, 9.17) is 14.2 Å². The molecule has 7 heteroatoms. The number of hydrogen-bond acceptors (Lipinski definition) is 7. The van der Waals surface area contributed by atoms with Gasteiger partial charge in [-0.15, -0.1) is 0 Å². The van der Waals surface area contributed by atoms with Crippen molar-refractivity contribution >= 4 is 11.7 Å². The number of ether oxygens (including phenoxy) is 3. The molecule has 45 heavy (non-hydrogen) atoms. The molecule has 0 bridgehead atoms. The molecule has 0 saturated carbocycles. The van der Waals surface area contributed by atoms with E-state index < -0.39 is 5.60 Å². The van der Waals surface area contributed by atoms with Crippen LogP contribution in [0.3, 0.4) is 0 Å². The predicted molar refractivity (Wildman–Crippen MR) is 180 cm³/mol. The fourth-order valence-electron chi connectivity index (χ4n) is 6.32. The Morgan fingerprint density at radius 2 is 1.22 bits per heavy atom. The zero-order valence-corrected chi connectivity index (χ0v) is 27.2. The number of nitrogens with zero attached hydrogens (tertiary/aromatic N) is 2. The first kappa shape index (κ1) is 32.1. The van der Waals surface area contributed by atoms with E-state index >= 15 is 0 Å². The van der Waals surface area contributed by atoms with Gasteiger partial charge in [0.2, 0.25) is 0 Å². The fourth-order valence-corrected chi connectivity index (χ4v) is 6.32. The van der Waals surface area contributed by atoms with Crippen LogP contribution in [-0.2, 0) is 10.3 Å². The highest BCUT2D eigenvalue weighted by molar-refractivity contribution is 5.98. The second kappa shape index (κ2) is 14.2. The maximum atomic E-state index is 13.7. The van der Waals surface area contributed by atoms with E-state index in [0.717, 1.165) is 65.6 Å². The lowest BCUT2D eigenvalue weighted by Crippen LogP contribution is -2.37. The highest BCUT2D eigenvalue weighted by Gasteiger charge is 2.50. The van der Waals surface area contributed by atoms with Gasteiger partial charge in [-0.25, -0.2) is 4.79 Å². The number of fused-ring (bicyclic) bond motifs is 1. The molecule has 3 aromatic carbocycles. The van der Waals surface area contributed by atoms with E-state index in [1.54, 1.807) is 0 Å². The fraction of sp³-hybridized carbons (Fsp3) is 0.342. The van der Waals surface area contributed by atoms with Crippen molar-refractivity contribution in [3.8, 4) is 11.5 Å². The van der Waals surface area contributed by atoms with Crippen molar-refractivity contribution in [2.24, 2.45) is 0 Å². The van der Waals surface area contributed by atoms with E-state index in [2.05, 4.69) is 56.7 Å². The van der Waals surface area contributed by atoms with Gasteiger partial charge >= 0.3 is 5.97 Å². The largest absolute Gasteiger partial charge is 0.475 e. The van der Waals surface area contributed by atoms with E-state index in [1.165, 1.54) is 0 Å². The molecule has 0 radical (unpaired) electrons. The smallest absolute Gasteiger partial charge is 0.340 e. The molecule has 0 aromatic heterocycles. The lowest BCUT2D eigenvalue weighted by Gasteiger charge is -2.33. The van der Waals surface area contributed by atoms with E-state index in [-0.39, 0.29) is 18.4 Å². The average Bonchev–Trinajstić information content (AvgIpc) is 3.19. The van der Waals surface area contributed by atoms with Gasteiger partial charge in [0.1, 0.15) is 24.0 Å². The topological polar surface area (TPSA) is 63.3 Å². The normalized spacial score (nSPS) is 18.6. The third-order valence-electron chi connectivity index (χ3n) is 8.78. The zero-order valence-electron chi connectivity index (χ0n) is 27.2. The van der Waals surface area contributed by atoms with Crippen molar-refractivity contribution < 1.29 is 19.0 Å². The molecule has 7 nitrogen and oxygen atoms in total. The van der Waals surface area contributed by atoms with E-state index in [0.29, 0.717) is 5.56 Å². The number of hydrogen-bond donors (Lipinski definition) is 1. The Bertz CT molecular complexity index is 1490. The molecule has 2 unspecified atom stereocenters. The monoisotopic (exact) mass is 607 g/mol. The second-order valence-electron chi connectivity index (χ2n) is 11.2. The van der Waals surface area contributed by atoms with Gasteiger partial charge in [0.25, 0.3) is 0 Å². The summed E-state index contributed by atoms with van der Waals surface area (Å²) in [5, 5.41) is 3.39. The van der Waals surface area contributed by atoms with Crippen LogP contribution >= 0.6 is 0 Å². The Balaban J connectivity index is 1.62. The summed E-state index contributed by atoms with van der Waals surface area (Å²) in [5.41, 5.74) is 3.56. The quantitative estimate of drug-likeness (QED) is 0.162. The summed E-state index contributed by atoms with van der Waals surface area (Å²) in [4.78, 5) is 18.2. The van der Waals surface area contributed by atoms with Gasteiger partial charge in [-0.1, -0.05) is 76.2 Å². The molecule has 5 rings (SSSR count). The maximum absolute atomic E-state index is 13.7. The summed E-state index contributed by atoms with van der Waals surface area (Å²) in [6.45, 7) is 16.2. The zero-order chi connectivity index (χ0) is 32.0. The molecule has 0 fully saturated rings. The minimum atomic E-state index is -1.20. The van der Waals surface area contributed by atoms with Gasteiger partial charge in [-0.05, 0) is 82.5 Å². The van der Waals surface area contributed by atoms with Crippen molar-refractivity contribution in [1.29, 1.82) is 0 Å². The average molecular weight is 608 g/mol. The SMILES string of the molecule is CCN(CC)C(C)Oc1ccc(C2(c3ccc(OC(C)N(CC)CC)cc3)OC(=O)c3cccc(C4=CC=CC=CN4)c32)cc1. The number of carbonyl (C=O) groups is 1. The Kier molecular flexibility index (Phi) is 10.1. The van der Waals surface area contributed by atoms with Crippen molar-refractivity contribution in [3.63, 3.8) is 0 Å². The van der Waals surface area contributed by atoms with Gasteiger partial charge in [-0.2, -0.15) is 0 Å². The molecule has 0 amide bonds. The molecule has 3 aromatic rings. The van der Waals surface area contributed by atoms with Crippen molar-refractivity contribution in [2.45, 2.75) is 59.6 Å². The van der Waals surface area contributed by atoms with Crippen LogP contribution in [0.25, 0.3) is 5.70 Å². The summed E-state index contributed by atoms with van der Waals surface area (Å²) in [5.74, 6) is 1.14. The van der Waals surface area contributed by atoms with E-state index in [9.17, 15) is 4.79 Å². The van der Waals surface area contributed by atoms with Crippen LogP contribution in [0.15, 0.2) is 97.2 Å². The van der Waals surface area contributed by atoms with Crippen LogP contribution in [0.2, 0.25) is 0 Å². The maximum Gasteiger partial charge on any atom is 0.340 e. The van der Waals surface area contributed by atoms with Crippen LogP contribution in [0.5, 0.6) is 11.5 Å². The first-order valence-corrected chi connectivity index (χ1v) is 16.1. The predicted octanol–water partition coefficient (Wildman–Crippen LogP) is 7.30. The Hall–Kier alpha value is -4.33. The van der Waals surface area contributed by atoms with Gasteiger partial charge in [-0.3, -0.25) is 9.80 Å². The molecular formula is C38H45N3O4. The first-order valence-electron chi connectivity index (χ1n) is 16.1. The summed E-state index contributed by atoms with van der Waals surface area (Å²) in [7, 11) is 0. The molecule has 236 valence electrons. The van der Waals surface area contributed by atoms with Crippen LogP contribution in [0, 0.1) is 0 Å². The standard InChI is InChI=1S/C38H45N3O4/c1-7-40(8-2)27(5)43-31-22-18-29(19-23-31)38(30-20-24-32(25-21-30)44-28(6)41(9-3)10-4)36-33(35-17-12-11-13-26-39-35)15-14-16-34(36)37(42)45-38/h11-28,39H,7-10H2,1-6H3. The Morgan fingerprint density at radius 1 is 0.711 bits per heavy atom. The lowest BCUT2D eigenvalue weighted by atomic mass is 9.77. The van der Waals surface area contributed by atoms with E-state index in [1.807, 2.05) is 97.2 Å². The number of esters is 1. The van der Waals surface area contributed by atoms with Gasteiger partial charge in [0.15, 0.2) is 5.60 Å². The summed E-state index contributed by atoms with van der Waals surface area (Å²) >= 11 is 0. The molecule has 0 spiro atoms. The minimum Gasteiger partial charge on any atom is -0.475 e. The third-order valence-corrected chi connectivity index (χ3v) is 8.78. The highest BCUT2D eigenvalue weighted by Crippen LogP contribution is 2.50. The molecule has 2 aliphatic heterocycles. The van der Waals surface area contributed by atoms with Crippen LogP contribution in [-0.4, -0.2) is 54.4 Å². The molecule has 2 heterocycles. The van der Waals surface area contributed by atoms with Crippen molar-refractivity contribution in [3.05, 3.63) is 125 Å². The van der Waals surface area contributed by atoms with Gasteiger partial charge in [0.05, 0.1) is 5.56 Å². The first-order chi connectivity index (χ1) is 21.9. The molecule has 0 aliphatic carbocycles. The van der Waals surface area contributed by atoms with Crippen molar-refractivity contribution in [2.75, 3.05) is 26.2 Å². The van der Waals surface area contributed by atoms with Crippen LogP contribution < -0.4 is 14.8 Å². The number of benzene rings is 3. The van der Waals surface area contributed by atoms with Crippen LogP contribution in [0.1, 0.15) is 74.2 Å². The number of nitrogens with one attached hydrogen (secondary N) is 1. The lowest BCUT2D eigenvalue weighted by molar-refractivity contribution is 0.0249. The summed E-state index contributed by atoms with van der Waals surface area (Å²) in [6, 6.07) is 21.7. The Labute approximate surface area is 267 Å². The molecule has 0 saturated heterocycles. The van der Waals surface area contributed by atoms with Crippen molar-refractivity contribution in [1.82, 2.24) is 15.1 Å². The van der Waals surface area contributed by atoms with Gasteiger partial charge < -0.3 is 19.5 Å². The Morgan fingerprint density at radius 3 is 1.73 bits per heavy atom. The van der Waals surface area contributed by atoms with Crippen LogP contribution in [0.4, 0.5) is 0 Å². The number of carbonyl (C=O) groups excluding carboxylic acids is 1. The van der Waals surface area contributed by atoms with Gasteiger partial charge in [0, 0.05) is 34.2 Å². The molecule has 2 aliphatic rings. The summed E-state index contributed by atoms with van der Waals surface area (Å²) < 4.78 is 19.1. The molecular weight excluding hydrogens is 562 g/mol. The molecule has 2 atom stereocenters. The number of allylic oxidation sites excluding steroid dienone is 4. The number of cyclic esters (lactones) is 1. The highest BCUT2D eigenvalue weighted by atomic mass is 16.6. The minimum absolute atomic E-state index is 0.0721. The summed E-state index contributed by atoms with van der Waals surface area (Å²) in [6.07, 6.45) is 9.65. The third kappa shape index (κ3) is 6.42.